The number of nitrogens with two attached hydrogens (primary N) is 1. The van der Waals surface area contributed by atoms with Crippen LogP contribution in [0.3, 0.4) is 0 Å². The number of nitrogens with one attached hydrogen (secondary N) is 2. The normalized spacial score (nSPS) is 11.5. The summed E-state index contributed by atoms with van der Waals surface area (Å²) in [4.78, 5) is 16.8. The van der Waals surface area contributed by atoms with E-state index in [9.17, 15) is 13.2 Å². The van der Waals surface area contributed by atoms with Crippen molar-refractivity contribution in [1.29, 1.82) is 0 Å². The second-order valence-electron chi connectivity index (χ2n) is 7.21. The minimum absolute atomic E-state index is 0.0573. The molecule has 0 atom stereocenters. The highest BCUT2D eigenvalue weighted by Crippen LogP contribution is 2.26. The molecule has 0 aliphatic carbocycles. The zero-order chi connectivity index (χ0) is 23.6. The van der Waals surface area contributed by atoms with Crippen molar-refractivity contribution in [3.8, 4) is 5.75 Å². The fourth-order valence-corrected chi connectivity index (χ4v) is 4.37. The molecule has 2 heterocycles. The van der Waals surface area contributed by atoms with E-state index < -0.39 is 9.84 Å². The second kappa shape index (κ2) is 9.04. The van der Waals surface area contributed by atoms with E-state index in [1.807, 2.05) is 0 Å². The number of hydrogen-bond donors (Lipinski definition) is 3. The number of rotatable bonds is 7. The minimum atomic E-state index is -3.41. The smallest absolute Gasteiger partial charge is 0.251 e. The van der Waals surface area contributed by atoms with Crippen LogP contribution < -0.4 is 15.8 Å². The van der Waals surface area contributed by atoms with E-state index in [4.69, 9.17) is 22.1 Å². The predicted octanol–water partition coefficient (Wildman–Crippen LogP) is 2.50. The lowest BCUT2D eigenvalue weighted by atomic mass is 10.1. The van der Waals surface area contributed by atoms with Crippen LogP contribution in [0.15, 0.2) is 53.4 Å². The molecule has 0 saturated heterocycles. The molecule has 4 rings (SSSR count). The molecule has 0 aliphatic rings. The Labute approximate surface area is 194 Å². The summed E-state index contributed by atoms with van der Waals surface area (Å²) in [7, 11) is -3.41. The van der Waals surface area contributed by atoms with Gasteiger partial charge in [0, 0.05) is 35.0 Å². The monoisotopic (exact) mass is 486 g/mol. The maximum Gasteiger partial charge on any atom is 0.251 e. The first-order valence-electron chi connectivity index (χ1n) is 9.67. The van der Waals surface area contributed by atoms with E-state index in [1.54, 1.807) is 30.3 Å². The van der Waals surface area contributed by atoms with Gasteiger partial charge < -0.3 is 15.8 Å². The summed E-state index contributed by atoms with van der Waals surface area (Å²) >= 11 is 6.36. The molecule has 170 valence electrons. The van der Waals surface area contributed by atoms with Crippen molar-refractivity contribution in [3.63, 3.8) is 0 Å². The van der Waals surface area contributed by atoms with Crippen LogP contribution in [0.4, 0.5) is 5.82 Å². The Kier molecular flexibility index (Phi) is 6.16. The molecule has 1 amide bonds. The van der Waals surface area contributed by atoms with Crippen LogP contribution >= 0.6 is 11.6 Å². The number of fused-ring (bicyclic) bond motifs is 1. The van der Waals surface area contributed by atoms with Crippen LogP contribution in [0.1, 0.15) is 21.5 Å². The first-order chi connectivity index (χ1) is 15.7. The lowest BCUT2D eigenvalue weighted by Crippen LogP contribution is -2.23. The Morgan fingerprint density at radius 3 is 2.73 bits per heavy atom. The van der Waals surface area contributed by atoms with Crippen molar-refractivity contribution < 1.29 is 17.9 Å². The standard InChI is InChI=1S/C21H19ClN6O4S/c1-33(30,31)17-5-3-2-4-13(17)10-24-21(29)12-6-7-14(15(22)8-12)11-32-16-9-18(23)25-20-19(16)26-28-27-20/h2-9H,10-11H2,1H3,(H,24,29)(H3,23,25,26,27,28). The van der Waals surface area contributed by atoms with E-state index in [1.165, 1.54) is 18.2 Å². The number of amides is 1. The highest BCUT2D eigenvalue weighted by atomic mass is 35.5. The zero-order valence-electron chi connectivity index (χ0n) is 17.4. The number of sulfone groups is 1. The van der Waals surface area contributed by atoms with Gasteiger partial charge in [-0.15, -0.1) is 5.10 Å². The van der Waals surface area contributed by atoms with Gasteiger partial charge in [-0.1, -0.05) is 41.1 Å². The third-order valence-corrected chi connectivity index (χ3v) is 6.34. The number of carbonyl (C=O) groups is 1. The summed E-state index contributed by atoms with van der Waals surface area (Å²) in [6, 6.07) is 12.8. The first-order valence-corrected chi connectivity index (χ1v) is 11.9. The zero-order valence-corrected chi connectivity index (χ0v) is 18.9. The van der Waals surface area contributed by atoms with Crippen molar-refractivity contribution in [1.82, 2.24) is 25.7 Å². The maximum absolute atomic E-state index is 12.6. The van der Waals surface area contributed by atoms with Gasteiger partial charge in [-0.25, -0.2) is 18.5 Å². The number of H-pyrrole nitrogens is 1. The maximum atomic E-state index is 12.6. The molecule has 2 aromatic heterocycles. The number of aromatic amines is 1. The largest absolute Gasteiger partial charge is 0.486 e. The van der Waals surface area contributed by atoms with Crippen molar-refractivity contribution in [2.75, 3.05) is 12.0 Å². The Bertz CT molecular complexity index is 1450. The summed E-state index contributed by atoms with van der Waals surface area (Å²) in [5, 5.41) is 13.3. The van der Waals surface area contributed by atoms with E-state index >= 15 is 0 Å². The Balaban J connectivity index is 1.44. The second-order valence-corrected chi connectivity index (χ2v) is 9.60. The number of aromatic nitrogens is 4. The lowest BCUT2D eigenvalue weighted by Gasteiger charge is -2.11. The predicted molar refractivity (Wildman–Crippen MR) is 123 cm³/mol. The average molecular weight is 487 g/mol. The van der Waals surface area contributed by atoms with Crippen molar-refractivity contribution in [3.05, 3.63) is 70.2 Å². The van der Waals surface area contributed by atoms with Crippen LogP contribution in [-0.4, -0.2) is 41.0 Å². The Hall–Kier alpha value is -3.70. The number of nitrogen functional groups attached to an aromatic ring is 1. The summed E-state index contributed by atoms with van der Waals surface area (Å²) < 4.78 is 29.6. The number of halogens is 1. The van der Waals surface area contributed by atoms with Gasteiger partial charge in [0.2, 0.25) is 0 Å². The SMILES string of the molecule is CS(=O)(=O)c1ccccc1CNC(=O)c1ccc(COc2cc(N)nc3[nH]nnc23)c(Cl)c1. The van der Waals surface area contributed by atoms with Gasteiger partial charge in [0.15, 0.2) is 26.8 Å². The van der Waals surface area contributed by atoms with Gasteiger partial charge in [0.25, 0.3) is 5.91 Å². The lowest BCUT2D eigenvalue weighted by molar-refractivity contribution is 0.0950. The van der Waals surface area contributed by atoms with E-state index in [0.29, 0.717) is 38.6 Å². The number of carbonyl (C=O) groups excluding carboxylic acids is 1. The number of hydrogen-bond acceptors (Lipinski definition) is 8. The fraction of sp³-hybridized carbons (Fsp3) is 0.143. The molecule has 12 heteroatoms. The van der Waals surface area contributed by atoms with Gasteiger partial charge in [0.05, 0.1) is 4.90 Å². The minimum Gasteiger partial charge on any atom is -0.486 e. The van der Waals surface area contributed by atoms with Crippen LogP contribution in [-0.2, 0) is 23.0 Å². The highest BCUT2D eigenvalue weighted by Gasteiger charge is 2.15. The molecule has 0 aliphatic heterocycles. The third-order valence-electron chi connectivity index (χ3n) is 4.79. The van der Waals surface area contributed by atoms with E-state index in [2.05, 4.69) is 25.7 Å². The highest BCUT2D eigenvalue weighted by molar-refractivity contribution is 7.90. The van der Waals surface area contributed by atoms with Crippen molar-refractivity contribution >= 4 is 44.3 Å². The Morgan fingerprint density at radius 2 is 1.97 bits per heavy atom. The molecule has 2 aromatic carbocycles. The van der Waals surface area contributed by atoms with Crippen LogP contribution in [0.25, 0.3) is 11.2 Å². The molecular formula is C21H19ClN6O4S. The van der Waals surface area contributed by atoms with Crippen molar-refractivity contribution in [2.45, 2.75) is 18.0 Å². The number of nitrogens with zero attached hydrogens (tertiary/aromatic N) is 3. The number of anilines is 1. The van der Waals surface area contributed by atoms with Gasteiger partial charge in [0.1, 0.15) is 12.4 Å². The molecule has 0 fully saturated rings. The van der Waals surface area contributed by atoms with Crippen LogP contribution in [0.2, 0.25) is 5.02 Å². The third kappa shape index (κ3) is 5.04. The number of ether oxygens (including phenoxy) is 1. The van der Waals surface area contributed by atoms with Crippen LogP contribution in [0.5, 0.6) is 5.75 Å². The average Bonchev–Trinajstić information content (AvgIpc) is 3.24. The Morgan fingerprint density at radius 1 is 1.18 bits per heavy atom. The number of benzene rings is 2. The quantitative estimate of drug-likeness (QED) is 0.360. The first kappa shape index (κ1) is 22.5. The molecule has 0 unspecified atom stereocenters. The summed E-state index contributed by atoms with van der Waals surface area (Å²) in [5.74, 6) is 0.256. The van der Waals surface area contributed by atoms with E-state index in [-0.39, 0.29) is 29.8 Å². The fourth-order valence-electron chi connectivity index (χ4n) is 3.19. The molecule has 4 aromatic rings. The molecule has 0 saturated carbocycles. The molecular weight excluding hydrogens is 468 g/mol. The summed E-state index contributed by atoms with van der Waals surface area (Å²) in [6.07, 6.45) is 1.13. The van der Waals surface area contributed by atoms with E-state index in [0.717, 1.165) is 6.26 Å². The van der Waals surface area contributed by atoms with Gasteiger partial charge in [-0.3, -0.25) is 4.79 Å². The van der Waals surface area contributed by atoms with Gasteiger partial charge in [-0.05, 0) is 23.8 Å². The van der Waals surface area contributed by atoms with Gasteiger partial charge in [-0.2, -0.15) is 0 Å². The molecule has 4 N–H and O–H groups in total. The van der Waals surface area contributed by atoms with Crippen LogP contribution in [0, 0.1) is 0 Å². The molecule has 10 nitrogen and oxygen atoms in total. The summed E-state index contributed by atoms with van der Waals surface area (Å²) in [6.45, 7) is 0.162. The molecule has 33 heavy (non-hydrogen) atoms. The topological polar surface area (TPSA) is 153 Å². The van der Waals surface area contributed by atoms with Gasteiger partial charge >= 0.3 is 0 Å². The molecule has 0 bridgehead atoms. The van der Waals surface area contributed by atoms with Crippen molar-refractivity contribution in [2.24, 2.45) is 0 Å². The molecule has 0 radical (unpaired) electrons. The molecule has 0 spiro atoms. The number of pyridine rings is 1. The summed E-state index contributed by atoms with van der Waals surface area (Å²) in [5.41, 5.74) is 8.08.